The average molecular weight is 947 g/mol. The van der Waals surface area contributed by atoms with Gasteiger partial charge in [-0.1, -0.05) is 155 Å². The van der Waals surface area contributed by atoms with E-state index in [0.717, 1.165) is 27.8 Å². The van der Waals surface area contributed by atoms with Crippen LogP contribution in [0, 0.1) is 22.7 Å². The summed E-state index contributed by atoms with van der Waals surface area (Å²) in [6, 6.07) is 84.5. The number of halogens is 1. The maximum atomic E-state index is 9.33. The fourth-order valence-electron chi connectivity index (χ4n) is 10.4. The summed E-state index contributed by atoms with van der Waals surface area (Å²) in [5.74, 6) is 0. The molecular weight excluding hydrogens is 907 g/mol. The first-order chi connectivity index (χ1) is 34.1. The molecule has 0 N–H and O–H groups in total. The first-order valence-electron chi connectivity index (χ1n) is 23.0. The predicted octanol–water partition coefficient (Wildman–Crippen LogP) is 16.4. The van der Waals surface area contributed by atoms with Crippen LogP contribution in [0.1, 0.15) is 22.3 Å². The van der Waals surface area contributed by atoms with Gasteiger partial charge in [-0.3, -0.25) is 0 Å². The molecule has 10 aromatic carbocycles. The third-order valence-corrected chi connectivity index (χ3v) is 13.9. The number of fused-ring (bicyclic) bond motifs is 14. The number of nitriles is 2. The van der Waals surface area contributed by atoms with Gasteiger partial charge < -0.3 is 13.7 Å². The maximum absolute atomic E-state index is 9.33. The van der Waals surface area contributed by atoms with E-state index in [9.17, 15) is 5.26 Å². The third-order valence-electron chi connectivity index (χ3n) is 13.3. The summed E-state index contributed by atoms with van der Waals surface area (Å²) in [5, 5.41) is 25.3. The largest absolute Gasteiger partial charge is 0.309 e. The van der Waals surface area contributed by atoms with Crippen molar-refractivity contribution in [3.8, 4) is 40.3 Å². The molecule has 0 unspecified atom stereocenters. The summed E-state index contributed by atoms with van der Waals surface area (Å²) in [6.45, 7) is 0. The fourth-order valence-corrected chi connectivity index (χ4v) is 10.6. The highest BCUT2D eigenvalue weighted by Gasteiger charge is 2.25. The molecule has 0 spiro atoms. The molecule has 6 heteroatoms. The molecule has 5 nitrogen and oxygen atoms in total. The molecule has 1 aliphatic carbocycles. The van der Waals surface area contributed by atoms with Gasteiger partial charge in [0, 0.05) is 60.3 Å². The second kappa shape index (κ2) is 17.4. The lowest BCUT2D eigenvalue weighted by Crippen LogP contribution is -1.98. The van der Waals surface area contributed by atoms with Crippen LogP contribution >= 0.6 is 15.9 Å². The Morgan fingerprint density at radius 2 is 0.725 bits per heavy atom. The topological polar surface area (TPSA) is 62.4 Å². The summed E-state index contributed by atoms with van der Waals surface area (Å²) < 4.78 is 8.16. The summed E-state index contributed by atoms with van der Waals surface area (Å²) in [5.41, 5.74) is 17.7. The van der Waals surface area contributed by atoms with E-state index < -0.39 is 0 Å². The molecular formula is C63H40BrN5. The molecule has 0 radical (unpaired) electrons. The maximum Gasteiger partial charge on any atom is 0.0991 e. The number of aromatic nitrogens is 3. The van der Waals surface area contributed by atoms with Crippen molar-refractivity contribution in [3.05, 3.63) is 257 Å². The van der Waals surface area contributed by atoms with E-state index in [-0.39, 0.29) is 0 Å². The van der Waals surface area contributed by atoms with Gasteiger partial charge >= 0.3 is 0 Å². The van der Waals surface area contributed by atoms with Crippen LogP contribution in [-0.2, 0) is 6.42 Å². The molecule has 324 valence electrons. The summed E-state index contributed by atoms with van der Waals surface area (Å²) in [7, 11) is 0. The molecule has 3 heterocycles. The molecule has 0 aliphatic heterocycles. The fraction of sp³-hybridized carbons (Fsp3) is 0.0159. The molecule has 0 amide bonds. The number of rotatable bonds is 3. The zero-order valence-corrected chi connectivity index (χ0v) is 38.8. The smallest absolute Gasteiger partial charge is 0.0991 e. The zero-order chi connectivity index (χ0) is 46.4. The van der Waals surface area contributed by atoms with E-state index in [4.69, 9.17) is 5.26 Å². The van der Waals surface area contributed by atoms with Gasteiger partial charge in [0.15, 0.2) is 0 Å². The van der Waals surface area contributed by atoms with Crippen LogP contribution in [0.5, 0.6) is 0 Å². The molecule has 0 atom stereocenters. The minimum Gasteiger partial charge on any atom is -0.309 e. The van der Waals surface area contributed by atoms with Gasteiger partial charge in [0.05, 0.1) is 56.4 Å². The standard InChI is InChI=1S/C31H19N3.C25H17N.C7H4BrN/c32-20-21-14-16-23(17-15-21)34-29-13-7-5-11-25(29)27-19-18-26-24-10-4-6-12-28(24)33(30(26)31(27)34)22-8-2-1-3-9-22;1-2-9-18(10-3-1)26-24-13-7-6-12-21(24)22-15-14-20-19-11-5-4-8-17(19)16-23(20)25(22)26;8-7-3-1-6(5-9)2-4-7/h1-19H;1-15H,16H2;1-4H. The normalized spacial score (nSPS) is 11.5. The molecule has 1 aliphatic rings. The highest BCUT2D eigenvalue weighted by Crippen LogP contribution is 2.45. The van der Waals surface area contributed by atoms with Crippen LogP contribution in [-0.4, -0.2) is 13.7 Å². The number of hydrogen-bond donors (Lipinski definition) is 0. The lowest BCUT2D eigenvalue weighted by Gasteiger charge is -2.12. The van der Waals surface area contributed by atoms with Crippen molar-refractivity contribution < 1.29 is 0 Å². The first kappa shape index (κ1) is 41.5. The Hall–Kier alpha value is -8.94. The molecule has 14 rings (SSSR count). The molecule has 69 heavy (non-hydrogen) atoms. The van der Waals surface area contributed by atoms with Gasteiger partial charge in [0.1, 0.15) is 0 Å². The van der Waals surface area contributed by atoms with E-state index in [1.54, 1.807) is 12.1 Å². The molecule has 0 bridgehead atoms. The Morgan fingerprint density at radius 3 is 1.23 bits per heavy atom. The Bertz CT molecular complexity index is 4170. The van der Waals surface area contributed by atoms with Crippen molar-refractivity contribution in [2.24, 2.45) is 0 Å². The lowest BCUT2D eigenvalue weighted by molar-refractivity contribution is 1.15. The molecule has 13 aromatic rings. The van der Waals surface area contributed by atoms with Crippen molar-refractivity contribution in [3.63, 3.8) is 0 Å². The Labute approximate surface area is 407 Å². The van der Waals surface area contributed by atoms with E-state index in [1.807, 2.05) is 42.5 Å². The Morgan fingerprint density at radius 1 is 0.333 bits per heavy atom. The van der Waals surface area contributed by atoms with E-state index >= 15 is 0 Å². The van der Waals surface area contributed by atoms with Crippen molar-refractivity contribution in [1.82, 2.24) is 13.7 Å². The molecule has 0 saturated heterocycles. The van der Waals surface area contributed by atoms with Gasteiger partial charge in [-0.2, -0.15) is 10.5 Å². The van der Waals surface area contributed by atoms with Crippen molar-refractivity contribution >= 4 is 81.3 Å². The summed E-state index contributed by atoms with van der Waals surface area (Å²) in [6.07, 6.45) is 1.01. The zero-order valence-electron chi connectivity index (χ0n) is 37.3. The van der Waals surface area contributed by atoms with Crippen molar-refractivity contribution in [2.75, 3.05) is 0 Å². The minimum atomic E-state index is 0.660. The third kappa shape index (κ3) is 7.06. The van der Waals surface area contributed by atoms with Crippen LogP contribution in [0.3, 0.4) is 0 Å². The highest BCUT2D eigenvalue weighted by molar-refractivity contribution is 9.10. The number of para-hydroxylation sites is 5. The van der Waals surface area contributed by atoms with E-state index in [0.29, 0.717) is 11.1 Å². The number of benzene rings is 10. The first-order valence-corrected chi connectivity index (χ1v) is 23.7. The quantitative estimate of drug-likeness (QED) is 0.177. The average Bonchev–Trinajstić information content (AvgIpc) is 4.16. The Balaban J connectivity index is 0.000000124. The molecule has 0 fully saturated rings. The van der Waals surface area contributed by atoms with Gasteiger partial charge in [-0.05, 0) is 113 Å². The highest BCUT2D eigenvalue weighted by atomic mass is 79.9. The van der Waals surface area contributed by atoms with Crippen LogP contribution in [0.15, 0.2) is 235 Å². The molecule has 0 saturated carbocycles. The van der Waals surface area contributed by atoms with Crippen molar-refractivity contribution in [2.45, 2.75) is 6.42 Å². The Kier molecular flexibility index (Phi) is 10.4. The molecule has 3 aromatic heterocycles. The summed E-state index contributed by atoms with van der Waals surface area (Å²) >= 11 is 3.27. The monoisotopic (exact) mass is 945 g/mol. The lowest BCUT2D eigenvalue weighted by atomic mass is 10.0. The van der Waals surface area contributed by atoms with Crippen LogP contribution in [0.2, 0.25) is 0 Å². The van der Waals surface area contributed by atoms with Gasteiger partial charge in [-0.25, -0.2) is 0 Å². The second-order valence-electron chi connectivity index (χ2n) is 17.2. The van der Waals surface area contributed by atoms with E-state index in [1.165, 1.54) is 87.8 Å². The SMILES string of the molecule is N#Cc1ccc(-n2c3ccccc3c3ccc4c5ccccc5n(-c5ccccc5)c4c32)cc1.N#Cc1ccc(Br)cc1.c1ccc(-n2c3ccccc3c3ccc4c(c32)Cc2ccccc2-4)cc1. The van der Waals surface area contributed by atoms with Crippen molar-refractivity contribution in [1.29, 1.82) is 10.5 Å². The number of nitrogens with zero attached hydrogens (tertiary/aromatic N) is 5. The summed E-state index contributed by atoms with van der Waals surface area (Å²) in [4.78, 5) is 0. The van der Waals surface area contributed by atoms with Gasteiger partial charge in [0.2, 0.25) is 0 Å². The van der Waals surface area contributed by atoms with E-state index in [2.05, 4.69) is 218 Å². The predicted molar refractivity (Wildman–Crippen MR) is 288 cm³/mol. The second-order valence-corrected chi connectivity index (χ2v) is 18.1. The van der Waals surface area contributed by atoms with Crippen LogP contribution in [0.4, 0.5) is 0 Å². The van der Waals surface area contributed by atoms with Gasteiger partial charge in [-0.15, -0.1) is 0 Å². The number of hydrogen-bond acceptors (Lipinski definition) is 2. The van der Waals surface area contributed by atoms with Crippen LogP contribution in [0.25, 0.3) is 93.6 Å². The minimum absolute atomic E-state index is 0.660. The van der Waals surface area contributed by atoms with Crippen LogP contribution < -0.4 is 0 Å². The van der Waals surface area contributed by atoms with Gasteiger partial charge in [0.25, 0.3) is 0 Å².